The maximum atomic E-state index is 13.6. The van der Waals surface area contributed by atoms with Crippen LogP contribution in [0.2, 0.25) is 0 Å². The maximum absolute atomic E-state index is 13.6. The topological polar surface area (TPSA) is 48.0 Å². The quantitative estimate of drug-likeness (QED) is 0.787. The van der Waals surface area contributed by atoms with E-state index in [1.165, 1.54) is 25.0 Å². The van der Waals surface area contributed by atoms with Crippen LogP contribution in [0.4, 0.5) is 4.39 Å². The summed E-state index contributed by atoms with van der Waals surface area (Å²) < 4.78 is 15.7. The summed E-state index contributed by atoms with van der Waals surface area (Å²) in [4.78, 5) is 11.7. The second-order valence-electron chi connectivity index (χ2n) is 5.70. The van der Waals surface area contributed by atoms with Gasteiger partial charge in [0.2, 0.25) is 5.91 Å². The van der Waals surface area contributed by atoms with Crippen LogP contribution in [0.15, 0.2) is 30.3 Å². The number of carbonyl (C=O) groups excluding carboxylic acids is 1. The van der Waals surface area contributed by atoms with Crippen molar-refractivity contribution in [2.24, 2.45) is 11.7 Å². The Labute approximate surface area is 121 Å². The van der Waals surface area contributed by atoms with Gasteiger partial charge in [-0.15, -0.1) is 0 Å². The second-order valence-corrected chi connectivity index (χ2v) is 5.70. The van der Waals surface area contributed by atoms with Crippen molar-refractivity contribution in [3.63, 3.8) is 0 Å². The summed E-state index contributed by atoms with van der Waals surface area (Å²) >= 11 is 0. The number of carbonyl (C=O) groups is 1. The van der Waals surface area contributed by atoms with E-state index in [1.807, 2.05) is 12.1 Å². The fourth-order valence-electron chi connectivity index (χ4n) is 2.99. The van der Waals surface area contributed by atoms with Crippen LogP contribution in [0.5, 0.6) is 0 Å². The van der Waals surface area contributed by atoms with Gasteiger partial charge in [0.25, 0.3) is 0 Å². The van der Waals surface area contributed by atoms with Crippen molar-refractivity contribution in [2.45, 2.75) is 19.4 Å². The summed E-state index contributed by atoms with van der Waals surface area (Å²) in [5.74, 6) is -0.143. The van der Waals surface area contributed by atoms with E-state index in [4.69, 9.17) is 5.73 Å². The number of hydrogen-bond acceptors (Lipinski definition) is 1. The van der Waals surface area contributed by atoms with E-state index in [2.05, 4.69) is 10.6 Å². The zero-order valence-electron chi connectivity index (χ0n) is 11.4. The summed E-state index contributed by atoms with van der Waals surface area (Å²) in [6, 6.07) is 11.3. The molecule has 1 saturated carbocycles. The molecule has 0 spiro atoms. The van der Waals surface area contributed by atoms with Gasteiger partial charge in [0.15, 0.2) is 0 Å². The van der Waals surface area contributed by atoms with Crippen molar-refractivity contribution in [1.82, 2.24) is 4.57 Å². The molecule has 2 N–H and O–H groups in total. The molecule has 0 bridgehead atoms. The van der Waals surface area contributed by atoms with Gasteiger partial charge in [0.1, 0.15) is 5.82 Å². The molecule has 3 nitrogen and oxygen atoms in total. The van der Waals surface area contributed by atoms with Crippen LogP contribution < -0.4 is 5.73 Å². The molecule has 0 aliphatic heterocycles. The Morgan fingerprint density at radius 2 is 2.19 bits per heavy atom. The van der Waals surface area contributed by atoms with Gasteiger partial charge in [0.05, 0.1) is 5.52 Å². The lowest BCUT2D eigenvalue weighted by molar-refractivity contribution is 0.100. The number of rotatable bonds is 3. The lowest BCUT2D eigenvalue weighted by Crippen LogP contribution is -2.11. The number of hydrogen-bond donors (Lipinski definition) is 1. The van der Waals surface area contributed by atoms with Crippen LogP contribution >= 0.6 is 0 Å². The number of nitrogens with zero attached hydrogens (tertiary/aromatic N) is 1. The van der Waals surface area contributed by atoms with Crippen molar-refractivity contribution in [1.29, 1.82) is 0 Å². The molecule has 105 valence electrons. The third-order valence-electron chi connectivity index (χ3n) is 4.16. The molecule has 1 aliphatic carbocycles. The van der Waals surface area contributed by atoms with Gasteiger partial charge < -0.3 is 10.3 Å². The van der Waals surface area contributed by atoms with E-state index in [1.54, 1.807) is 6.07 Å². The number of nitrogens with two attached hydrogens (primary N) is 1. The van der Waals surface area contributed by atoms with E-state index < -0.39 is 5.91 Å². The average molecular weight is 281 g/mol. The van der Waals surface area contributed by atoms with Gasteiger partial charge in [-0.1, -0.05) is 6.07 Å². The maximum Gasteiger partial charge on any atom is 0.249 e. The molecule has 1 aliphatic rings. The SMILES string of the molecule is NC(=O)c1cccc2c1c1[c]cc(F)cc1n2CC1CC1. The highest BCUT2D eigenvalue weighted by atomic mass is 19.1. The first-order chi connectivity index (χ1) is 10.1. The zero-order chi connectivity index (χ0) is 14.6. The van der Waals surface area contributed by atoms with E-state index in [9.17, 15) is 9.18 Å². The highest BCUT2D eigenvalue weighted by molar-refractivity contribution is 6.17. The molecule has 0 unspecified atom stereocenters. The molecule has 1 radical (unpaired) electrons. The van der Waals surface area contributed by atoms with E-state index in [0.717, 1.165) is 28.4 Å². The lowest BCUT2D eigenvalue weighted by atomic mass is 10.1. The van der Waals surface area contributed by atoms with Gasteiger partial charge in [-0.3, -0.25) is 4.79 Å². The Morgan fingerprint density at radius 3 is 2.90 bits per heavy atom. The number of aromatic nitrogens is 1. The molecule has 21 heavy (non-hydrogen) atoms. The van der Waals surface area contributed by atoms with Gasteiger partial charge in [-0.25, -0.2) is 4.39 Å². The molecular weight excluding hydrogens is 267 g/mol. The monoisotopic (exact) mass is 281 g/mol. The number of amides is 1. The number of benzene rings is 2. The van der Waals surface area contributed by atoms with Gasteiger partial charge in [-0.05, 0) is 49.1 Å². The number of primary amides is 1. The van der Waals surface area contributed by atoms with Crippen LogP contribution in [0.1, 0.15) is 23.2 Å². The van der Waals surface area contributed by atoms with Crippen LogP contribution in [-0.4, -0.2) is 10.5 Å². The predicted molar refractivity (Wildman–Crippen MR) is 79.5 cm³/mol. The van der Waals surface area contributed by atoms with Crippen molar-refractivity contribution in [3.8, 4) is 0 Å². The molecule has 1 amide bonds. The van der Waals surface area contributed by atoms with Crippen LogP contribution in [0.3, 0.4) is 0 Å². The number of fused-ring (bicyclic) bond motifs is 3. The molecule has 2 aromatic carbocycles. The van der Waals surface area contributed by atoms with Crippen molar-refractivity contribution >= 4 is 27.7 Å². The first kappa shape index (κ1) is 12.4. The molecule has 0 saturated heterocycles. The zero-order valence-corrected chi connectivity index (χ0v) is 11.4. The fraction of sp³-hybridized carbons (Fsp3) is 0.235. The van der Waals surface area contributed by atoms with Crippen molar-refractivity contribution < 1.29 is 9.18 Å². The minimum Gasteiger partial charge on any atom is -0.366 e. The van der Waals surface area contributed by atoms with Gasteiger partial charge in [-0.2, -0.15) is 0 Å². The molecule has 1 fully saturated rings. The van der Waals surface area contributed by atoms with Crippen molar-refractivity contribution in [3.05, 3.63) is 47.8 Å². The normalized spacial score (nSPS) is 14.9. The third-order valence-corrected chi connectivity index (χ3v) is 4.16. The Kier molecular flexibility index (Phi) is 2.55. The van der Waals surface area contributed by atoms with Gasteiger partial charge in [0, 0.05) is 28.4 Å². The summed E-state index contributed by atoms with van der Waals surface area (Å²) in [7, 11) is 0. The van der Waals surface area contributed by atoms with E-state index in [-0.39, 0.29) is 5.82 Å². The summed E-state index contributed by atoms with van der Waals surface area (Å²) in [5.41, 5.74) is 7.66. The lowest BCUT2D eigenvalue weighted by Gasteiger charge is -2.06. The molecule has 4 rings (SSSR count). The van der Waals surface area contributed by atoms with Crippen LogP contribution in [0.25, 0.3) is 21.8 Å². The second kappa shape index (κ2) is 4.32. The van der Waals surface area contributed by atoms with Gasteiger partial charge >= 0.3 is 0 Å². The minimum absolute atomic E-state index is 0.317. The predicted octanol–water partition coefficient (Wildman–Crippen LogP) is 3.24. The summed E-state index contributed by atoms with van der Waals surface area (Å²) in [6.45, 7) is 0.847. The molecule has 0 atom stereocenters. The molecule has 3 aromatic rings. The smallest absolute Gasteiger partial charge is 0.249 e. The van der Waals surface area contributed by atoms with Crippen LogP contribution in [0, 0.1) is 17.8 Å². The Bertz CT molecular complexity index is 877. The third kappa shape index (κ3) is 1.90. The highest BCUT2D eigenvalue weighted by Crippen LogP contribution is 2.37. The molecule has 1 heterocycles. The Balaban J connectivity index is 2.13. The molecule has 1 aromatic heterocycles. The number of halogens is 1. The molecular formula is C17H14FN2O. The Morgan fingerprint density at radius 1 is 1.38 bits per heavy atom. The standard InChI is InChI=1S/C17H14FN2O/c18-11-6-7-12-15(8-11)20(9-10-4-5-10)14-3-1-2-13(16(12)14)17(19)21/h1-3,6,8,10H,4-5,9H2,(H2,19,21). The largest absolute Gasteiger partial charge is 0.366 e. The van der Waals surface area contributed by atoms with E-state index >= 15 is 0 Å². The van der Waals surface area contributed by atoms with Crippen molar-refractivity contribution in [2.75, 3.05) is 0 Å². The highest BCUT2D eigenvalue weighted by Gasteiger charge is 2.25. The average Bonchev–Trinajstić information content (AvgIpc) is 3.23. The first-order valence-electron chi connectivity index (χ1n) is 7.07. The summed E-state index contributed by atoms with van der Waals surface area (Å²) in [6.07, 6.45) is 2.41. The minimum atomic E-state index is -0.469. The summed E-state index contributed by atoms with van der Waals surface area (Å²) in [5, 5.41) is 1.54. The fourth-order valence-corrected chi connectivity index (χ4v) is 2.99. The first-order valence-corrected chi connectivity index (χ1v) is 7.07. The van der Waals surface area contributed by atoms with E-state index in [0.29, 0.717) is 11.5 Å². The Hall–Kier alpha value is -2.36. The van der Waals surface area contributed by atoms with Crippen LogP contribution in [-0.2, 0) is 6.54 Å². The molecule has 4 heteroatoms.